The summed E-state index contributed by atoms with van der Waals surface area (Å²) in [6, 6.07) is 3.14. The van der Waals surface area contributed by atoms with Crippen LogP contribution in [0, 0.1) is 5.92 Å². The van der Waals surface area contributed by atoms with Crippen LogP contribution in [-0.2, 0) is 9.59 Å². The molecular formula is C19H26N2O7. The van der Waals surface area contributed by atoms with E-state index in [1.807, 2.05) is 0 Å². The maximum Gasteiger partial charge on any atom is 0.308 e. The quantitative estimate of drug-likeness (QED) is 0.738. The van der Waals surface area contributed by atoms with E-state index in [0.29, 0.717) is 25.1 Å². The van der Waals surface area contributed by atoms with Crippen LogP contribution in [0.15, 0.2) is 12.1 Å². The van der Waals surface area contributed by atoms with Gasteiger partial charge in [0.05, 0.1) is 39.4 Å². The molecule has 0 aromatic heterocycles. The molecule has 1 aromatic rings. The summed E-state index contributed by atoms with van der Waals surface area (Å²) in [5.41, 5.74) is 0.234. The lowest BCUT2D eigenvalue weighted by Gasteiger charge is -2.32. The summed E-state index contributed by atoms with van der Waals surface area (Å²) in [4.78, 5) is 39.4. The largest absolute Gasteiger partial charge is 0.493 e. The van der Waals surface area contributed by atoms with Crippen LogP contribution >= 0.6 is 0 Å². The number of nitrogens with zero attached hydrogens (tertiary/aromatic N) is 2. The van der Waals surface area contributed by atoms with Crippen molar-refractivity contribution in [3.8, 4) is 17.2 Å². The van der Waals surface area contributed by atoms with Gasteiger partial charge >= 0.3 is 5.97 Å². The summed E-state index contributed by atoms with van der Waals surface area (Å²) in [7, 11) is 5.84. The van der Waals surface area contributed by atoms with Gasteiger partial charge in [-0.1, -0.05) is 0 Å². The zero-order valence-corrected chi connectivity index (χ0v) is 16.6. The smallest absolute Gasteiger partial charge is 0.308 e. The Morgan fingerprint density at radius 1 is 1.14 bits per heavy atom. The molecule has 0 radical (unpaired) electrons. The molecule has 1 aliphatic heterocycles. The van der Waals surface area contributed by atoms with Gasteiger partial charge in [0.25, 0.3) is 5.91 Å². The fourth-order valence-corrected chi connectivity index (χ4v) is 3.26. The summed E-state index contributed by atoms with van der Waals surface area (Å²) in [6.07, 6.45) is 1.18. The molecule has 2 rings (SSSR count). The normalized spacial score (nSPS) is 16.3. The van der Waals surface area contributed by atoms with Gasteiger partial charge in [-0.15, -0.1) is 0 Å². The minimum absolute atomic E-state index is 0.163. The molecule has 1 aromatic carbocycles. The number of methoxy groups -OCH3 is 3. The molecule has 9 nitrogen and oxygen atoms in total. The number of hydrogen-bond donors (Lipinski definition) is 1. The van der Waals surface area contributed by atoms with Gasteiger partial charge in [0.1, 0.15) is 0 Å². The Labute approximate surface area is 163 Å². The summed E-state index contributed by atoms with van der Waals surface area (Å²) in [6.45, 7) is 0.489. The van der Waals surface area contributed by atoms with Crippen LogP contribution in [0.5, 0.6) is 17.2 Å². The van der Waals surface area contributed by atoms with Crippen molar-refractivity contribution in [1.82, 2.24) is 9.80 Å². The summed E-state index contributed by atoms with van der Waals surface area (Å²) in [5, 5.41) is 9.17. The molecule has 1 saturated heterocycles. The fraction of sp³-hybridized carbons (Fsp3) is 0.526. The Morgan fingerprint density at radius 2 is 1.82 bits per heavy atom. The highest BCUT2D eigenvalue weighted by Crippen LogP contribution is 2.40. The first kappa shape index (κ1) is 21.3. The van der Waals surface area contributed by atoms with Crippen molar-refractivity contribution in [1.29, 1.82) is 0 Å². The van der Waals surface area contributed by atoms with E-state index in [4.69, 9.17) is 19.3 Å². The predicted molar refractivity (Wildman–Crippen MR) is 100.0 cm³/mol. The minimum Gasteiger partial charge on any atom is -0.493 e. The first-order valence-electron chi connectivity index (χ1n) is 8.89. The Balaban J connectivity index is 2.14. The molecule has 1 fully saturated rings. The molecule has 1 atom stereocenters. The summed E-state index contributed by atoms with van der Waals surface area (Å²) >= 11 is 0. The molecule has 28 heavy (non-hydrogen) atoms. The first-order valence-corrected chi connectivity index (χ1v) is 8.89. The molecule has 1 heterocycles. The molecule has 154 valence electrons. The van der Waals surface area contributed by atoms with Crippen LogP contribution in [0.4, 0.5) is 0 Å². The number of amides is 2. The second kappa shape index (κ2) is 9.29. The van der Waals surface area contributed by atoms with Gasteiger partial charge in [0.15, 0.2) is 11.5 Å². The van der Waals surface area contributed by atoms with Gasteiger partial charge in [-0.2, -0.15) is 0 Å². The van der Waals surface area contributed by atoms with Crippen LogP contribution < -0.4 is 14.2 Å². The molecule has 9 heteroatoms. The monoisotopic (exact) mass is 394 g/mol. The number of likely N-dealkylation sites (N-methyl/N-ethyl adjacent to an activating group) is 1. The second-order valence-electron chi connectivity index (χ2n) is 6.56. The zero-order chi connectivity index (χ0) is 20.8. The number of carbonyl (C=O) groups is 3. The molecule has 0 bridgehead atoms. The number of piperidine rings is 1. The number of carboxylic acids is 1. The van der Waals surface area contributed by atoms with Crippen LogP contribution in [-0.4, -0.2) is 80.7 Å². The minimum atomic E-state index is -0.906. The van der Waals surface area contributed by atoms with Gasteiger partial charge in [0, 0.05) is 20.1 Å². The van der Waals surface area contributed by atoms with E-state index in [1.165, 1.54) is 38.2 Å². The lowest BCUT2D eigenvalue weighted by Crippen LogP contribution is -2.46. The summed E-state index contributed by atoms with van der Waals surface area (Å²) < 4.78 is 15.8. The van der Waals surface area contributed by atoms with Crippen LogP contribution in [0.2, 0.25) is 0 Å². The van der Waals surface area contributed by atoms with E-state index in [-0.39, 0.29) is 36.1 Å². The van der Waals surface area contributed by atoms with Crippen molar-refractivity contribution >= 4 is 17.8 Å². The Hall–Kier alpha value is -2.97. The highest BCUT2D eigenvalue weighted by Gasteiger charge is 2.30. The molecule has 1 aliphatic rings. The molecule has 1 unspecified atom stereocenters. The fourth-order valence-electron chi connectivity index (χ4n) is 3.26. The number of ether oxygens (including phenoxy) is 3. The lowest BCUT2D eigenvalue weighted by atomic mass is 9.98. The van der Waals surface area contributed by atoms with Crippen molar-refractivity contribution in [2.75, 3.05) is 48.0 Å². The van der Waals surface area contributed by atoms with Crippen molar-refractivity contribution in [2.45, 2.75) is 12.8 Å². The number of rotatable bonds is 7. The molecule has 1 N–H and O–H groups in total. The van der Waals surface area contributed by atoms with Crippen LogP contribution in [0.25, 0.3) is 0 Å². The number of hydrogen-bond acceptors (Lipinski definition) is 6. The topological polar surface area (TPSA) is 106 Å². The number of aliphatic carboxylic acids is 1. The SMILES string of the molecule is COc1ccc(C(=O)N(C)CC(=O)N2CCCC(C(=O)O)C2)c(OC)c1OC. The molecule has 0 spiro atoms. The van der Waals surface area contributed by atoms with Crippen molar-refractivity contribution in [3.63, 3.8) is 0 Å². The first-order chi connectivity index (χ1) is 13.3. The maximum atomic E-state index is 12.9. The van der Waals surface area contributed by atoms with Crippen molar-refractivity contribution in [2.24, 2.45) is 5.92 Å². The molecule has 2 amide bonds. The summed E-state index contributed by atoms with van der Waals surface area (Å²) in [5.74, 6) is -1.26. The van der Waals surface area contributed by atoms with Gasteiger partial charge in [-0.05, 0) is 25.0 Å². The van der Waals surface area contributed by atoms with E-state index in [0.717, 1.165) is 0 Å². The average molecular weight is 394 g/mol. The average Bonchev–Trinajstić information content (AvgIpc) is 2.71. The van der Waals surface area contributed by atoms with Gasteiger partial charge in [-0.25, -0.2) is 0 Å². The van der Waals surface area contributed by atoms with E-state index < -0.39 is 17.8 Å². The number of carboxylic acid groups (broad SMARTS) is 1. The highest BCUT2D eigenvalue weighted by molar-refractivity contribution is 5.99. The second-order valence-corrected chi connectivity index (χ2v) is 6.56. The van der Waals surface area contributed by atoms with Crippen molar-refractivity contribution < 1.29 is 33.7 Å². The molecule has 0 aliphatic carbocycles. The van der Waals surface area contributed by atoms with Gasteiger partial charge in [-0.3, -0.25) is 14.4 Å². The number of carbonyl (C=O) groups excluding carboxylic acids is 2. The molecular weight excluding hydrogens is 368 g/mol. The Morgan fingerprint density at radius 3 is 2.39 bits per heavy atom. The Kier molecular flexibility index (Phi) is 7.08. The third-order valence-electron chi connectivity index (χ3n) is 4.78. The number of benzene rings is 1. The third-order valence-corrected chi connectivity index (χ3v) is 4.78. The van der Waals surface area contributed by atoms with Crippen molar-refractivity contribution in [3.05, 3.63) is 17.7 Å². The van der Waals surface area contributed by atoms with E-state index in [2.05, 4.69) is 0 Å². The van der Waals surface area contributed by atoms with E-state index in [9.17, 15) is 14.4 Å². The maximum absolute atomic E-state index is 12.9. The lowest BCUT2D eigenvalue weighted by molar-refractivity contribution is -0.145. The highest BCUT2D eigenvalue weighted by atomic mass is 16.5. The van der Waals surface area contributed by atoms with Gasteiger partial charge in [0.2, 0.25) is 11.7 Å². The van der Waals surface area contributed by atoms with E-state index >= 15 is 0 Å². The van der Waals surface area contributed by atoms with Crippen LogP contribution in [0.3, 0.4) is 0 Å². The van der Waals surface area contributed by atoms with Gasteiger partial charge < -0.3 is 29.1 Å². The van der Waals surface area contributed by atoms with Crippen LogP contribution in [0.1, 0.15) is 23.2 Å². The predicted octanol–water partition coefficient (Wildman–Crippen LogP) is 1.11. The third kappa shape index (κ3) is 4.47. The molecule has 0 saturated carbocycles. The zero-order valence-electron chi connectivity index (χ0n) is 16.6. The number of likely N-dealkylation sites (tertiary alicyclic amines) is 1. The Bertz CT molecular complexity index is 750. The standard InChI is InChI=1S/C19H26N2O7/c1-20(11-15(22)21-9-5-6-12(10-21)19(24)25)18(23)13-7-8-14(26-2)17(28-4)16(13)27-3/h7-8,12H,5-6,9-11H2,1-4H3,(H,24,25). The van der Waals surface area contributed by atoms with E-state index in [1.54, 1.807) is 12.1 Å².